The molecule has 1 aromatic carbocycles. The molecule has 1 saturated heterocycles. The van der Waals surface area contributed by atoms with Crippen LogP contribution in [0.25, 0.3) is 0 Å². The molecule has 0 aliphatic carbocycles. The Morgan fingerprint density at radius 3 is 2.70 bits per heavy atom. The van der Waals surface area contributed by atoms with Gasteiger partial charge in [-0.1, -0.05) is 11.6 Å². The second-order valence-corrected chi connectivity index (χ2v) is 5.27. The number of carbonyl (C=O) groups is 2. The highest BCUT2D eigenvalue weighted by atomic mass is 35.5. The maximum absolute atomic E-state index is 11.8. The molecule has 2 N–H and O–H groups in total. The summed E-state index contributed by atoms with van der Waals surface area (Å²) in [6.07, 6.45) is 1.85. The highest BCUT2D eigenvalue weighted by molar-refractivity contribution is 6.30. The van der Waals surface area contributed by atoms with E-state index < -0.39 is 5.91 Å². The number of nitrogens with zero attached hydrogens (tertiary/aromatic N) is 1. The number of aliphatic hydroxyl groups is 1. The van der Waals surface area contributed by atoms with Crippen molar-refractivity contribution < 1.29 is 14.7 Å². The van der Waals surface area contributed by atoms with Crippen molar-refractivity contribution in [1.82, 2.24) is 10.2 Å². The van der Waals surface area contributed by atoms with Crippen LogP contribution in [-0.2, 0) is 4.79 Å². The summed E-state index contributed by atoms with van der Waals surface area (Å²) in [7, 11) is 0. The van der Waals surface area contributed by atoms with Crippen molar-refractivity contribution in [3.8, 4) is 0 Å². The summed E-state index contributed by atoms with van der Waals surface area (Å²) < 4.78 is 0. The zero-order chi connectivity index (χ0) is 14.5. The lowest BCUT2D eigenvalue weighted by molar-refractivity contribution is -0.121. The third kappa shape index (κ3) is 3.79. The zero-order valence-electron chi connectivity index (χ0n) is 11.0. The standard InChI is InChI=1S/C14H17ClN2O3/c15-11-5-3-10(4-6-11)14(20)16-13(19)8-17-7-1-2-12(17)9-18/h3-6,12,18H,1-2,7-9H2,(H,16,19,20)/t12-/m1/s1. The molecule has 0 saturated carbocycles. The predicted molar refractivity (Wildman–Crippen MR) is 75.6 cm³/mol. The number of imide groups is 1. The number of amides is 2. The first-order valence-corrected chi connectivity index (χ1v) is 6.92. The number of carbonyl (C=O) groups excluding carboxylic acids is 2. The van der Waals surface area contributed by atoms with Gasteiger partial charge in [-0.3, -0.25) is 19.8 Å². The Hall–Kier alpha value is -1.43. The molecular weight excluding hydrogens is 280 g/mol. The maximum Gasteiger partial charge on any atom is 0.257 e. The smallest absolute Gasteiger partial charge is 0.257 e. The van der Waals surface area contributed by atoms with Gasteiger partial charge in [0.1, 0.15) is 0 Å². The van der Waals surface area contributed by atoms with Crippen molar-refractivity contribution in [1.29, 1.82) is 0 Å². The largest absolute Gasteiger partial charge is 0.395 e. The van der Waals surface area contributed by atoms with E-state index in [9.17, 15) is 14.7 Å². The third-order valence-corrected chi connectivity index (χ3v) is 3.67. The molecule has 6 heteroatoms. The van der Waals surface area contributed by atoms with Gasteiger partial charge in [-0.05, 0) is 43.7 Å². The summed E-state index contributed by atoms with van der Waals surface area (Å²) in [4.78, 5) is 25.6. The van der Waals surface area contributed by atoms with E-state index in [0.29, 0.717) is 10.6 Å². The number of hydrogen-bond acceptors (Lipinski definition) is 4. The van der Waals surface area contributed by atoms with Crippen LogP contribution in [0.3, 0.4) is 0 Å². The number of benzene rings is 1. The van der Waals surface area contributed by atoms with E-state index in [1.54, 1.807) is 24.3 Å². The van der Waals surface area contributed by atoms with Crippen molar-refractivity contribution in [2.45, 2.75) is 18.9 Å². The minimum Gasteiger partial charge on any atom is -0.395 e. The van der Waals surface area contributed by atoms with Crippen LogP contribution < -0.4 is 5.32 Å². The number of likely N-dealkylation sites (tertiary alicyclic amines) is 1. The molecule has 1 aromatic rings. The summed E-state index contributed by atoms with van der Waals surface area (Å²) in [5.41, 5.74) is 0.392. The minimum atomic E-state index is -0.439. The lowest BCUT2D eigenvalue weighted by Gasteiger charge is -2.21. The molecule has 1 fully saturated rings. The Morgan fingerprint density at radius 1 is 1.35 bits per heavy atom. The van der Waals surface area contributed by atoms with Gasteiger partial charge in [0.15, 0.2) is 0 Å². The van der Waals surface area contributed by atoms with Crippen molar-refractivity contribution >= 4 is 23.4 Å². The zero-order valence-corrected chi connectivity index (χ0v) is 11.8. The van der Waals surface area contributed by atoms with Gasteiger partial charge in [0.25, 0.3) is 5.91 Å². The highest BCUT2D eigenvalue weighted by Gasteiger charge is 2.25. The van der Waals surface area contributed by atoms with Crippen molar-refractivity contribution in [3.63, 3.8) is 0 Å². The Labute approximate surface area is 122 Å². The van der Waals surface area contributed by atoms with Gasteiger partial charge >= 0.3 is 0 Å². The molecule has 0 spiro atoms. The van der Waals surface area contributed by atoms with E-state index in [1.165, 1.54) is 0 Å². The number of aliphatic hydroxyl groups excluding tert-OH is 1. The van der Waals surface area contributed by atoms with Crippen LogP contribution in [0.15, 0.2) is 24.3 Å². The quantitative estimate of drug-likeness (QED) is 0.871. The lowest BCUT2D eigenvalue weighted by atomic mass is 10.2. The summed E-state index contributed by atoms with van der Waals surface area (Å²) in [6.45, 7) is 0.941. The molecule has 1 atom stereocenters. The van der Waals surface area contributed by atoms with Crippen LogP contribution in [0.4, 0.5) is 0 Å². The fraction of sp³-hybridized carbons (Fsp3) is 0.429. The van der Waals surface area contributed by atoms with Gasteiger partial charge in [0.05, 0.1) is 13.2 Å². The maximum atomic E-state index is 11.8. The van der Waals surface area contributed by atoms with E-state index in [0.717, 1.165) is 19.4 Å². The van der Waals surface area contributed by atoms with Crippen LogP contribution in [0.2, 0.25) is 5.02 Å². The second kappa shape index (κ2) is 6.83. The fourth-order valence-electron chi connectivity index (χ4n) is 2.33. The first kappa shape index (κ1) is 15.0. The Balaban J connectivity index is 1.88. The molecule has 0 bridgehead atoms. The van der Waals surface area contributed by atoms with Crippen molar-refractivity contribution in [2.24, 2.45) is 0 Å². The average molecular weight is 297 g/mol. The molecular formula is C14H17ClN2O3. The number of nitrogens with one attached hydrogen (secondary N) is 1. The van der Waals surface area contributed by atoms with Crippen LogP contribution in [-0.4, -0.2) is 47.6 Å². The molecule has 5 nitrogen and oxygen atoms in total. The van der Waals surface area contributed by atoms with Crippen molar-refractivity contribution in [3.05, 3.63) is 34.9 Å². The van der Waals surface area contributed by atoms with E-state index in [4.69, 9.17) is 11.6 Å². The second-order valence-electron chi connectivity index (χ2n) is 4.83. The molecule has 1 heterocycles. The summed E-state index contributed by atoms with van der Waals surface area (Å²) in [5, 5.41) is 12.1. The summed E-state index contributed by atoms with van der Waals surface area (Å²) in [5.74, 6) is -0.795. The normalized spacial score (nSPS) is 19.0. The van der Waals surface area contributed by atoms with Crippen LogP contribution >= 0.6 is 11.6 Å². The van der Waals surface area contributed by atoms with E-state index in [1.807, 2.05) is 4.90 Å². The minimum absolute atomic E-state index is 0.0198. The summed E-state index contributed by atoms with van der Waals surface area (Å²) >= 11 is 5.74. The monoisotopic (exact) mass is 296 g/mol. The van der Waals surface area contributed by atoms with Gasteiger partial charge in [-0.25, -0.2) is 0 Å². The summed E-state index contributed by atoms with van der Waals surface area (Å²) in [6, 6.07) is 6.35. The first-order valence-electron chi connectivity index (χ1n) is 6.55. The molecule has 2 amide bonds. The van der Waals surface area contributed by atoms with Gasteiger partial charge in [0, 0.05) is 16.6 Å². The lowest BCUT2D eigenvalue weighted by Crippen LogP contribution is -2.43. The van der Waals surface area contributed by atoms with E-state index >= 15 is 0 Å². The Morgan fingerprint density at radius 2 is 2.05 bits per heavy atom. The van der Waals surface area contributed by atoms with Gasteiger partial charge in [-0.15, -0.1) is 0 Å². The molecule has 0 unspecified atom stereocenters. The molecule has 20 heavy (non-hydrogen) atoms. The van der Waals surface area contributed by atoms with Crippen LogP contribution in [0.1, 0.15) is 23.2 Å². The molecule has 108 valence electrons. The third-order valence-electron chi connectivity index (χ3n) is 3.42. The average Bonchev–Trinajstić information content (AvgIpc) is 2.86. The van der Waals surface area contributed by atoms with Gasteiger partial charge < -0.3 is 5.11 Å². The number of hydrogen-bond donors (Lipinski definition) is 2. The SMILES string of the molecule is O=C(CN1CCC[C@@H]1CO)NC(=O)c1ccc(Cl)cc1. The van der Waals surface area contributed by atoms with Gasteiger partial charge in [-0.2, -0.15) is 0 Å². The molecule has 1 aliphatic heterocycles. The number of halogens is 1. The molecule has 1 aliphatic rings. The van der Waals surface area contributed by atoms with Crippen LogP contribution in [0, 0.1) is 0 Å². The fourth-order valence-corrected chi connectivity index (χ4v) is 2.46. The predicted octanol–water partition coefficient (Wildman–Crippen LogP) is 1.05. The van der Waals surface area contributed by atoms with E-state index in [2.05, 4.69) is 5.32 Å². The topological polar surface area (TPSA) is 69.6 Å². The molecule has 0 radical (unpaired) electrons. The number of rotatable bonds is 4. The molecule has 2 rings (SSSR count). The first-order chi connectivity index (χ1) is 9.60. The molecule has 0 aromatic heterocycles. The Kier molecular flexibility index (Phi) is 5.11. The van der Waals surface area contributed by atoms with E-state index in [-0.39, 0.29) is 25.1 Å². The Bertz CT molecular complexity index is 490. The van der Waals surface area contributed by atoms with Crippen LogP contribution in [0.5, 0.6) is 0 Å². The highest BCUT2D eigenvalue weighted by Crippen LogP contribution is 2.15. The van der Waals surface area contributed by atoms with Crippen molar-refractivity contribution in [2.75, 3.05) is 19.7 Å². The van der Waals surface area contributed by atoms with Gasteiger partial charge in [0.2, 0.25) is 5.91 Å².